The Bertz CT molecular complexity index is 1580. The number of primary amides is 1. The van der Waals surface area contributed by atoms with E-state index in [0.717, 1.165) is 22.2 Å². The third kappa shape index (κ3) is 4.31. The van der Waals surface area contributed by atoms with Crippen molar-refractivity contribution in [2.24, 2.45) is 5.73 Å². The van der Waals surface area contributed by atoms with Crippen molar-refractivity contribution >= 4 is 50.9 Å². The van der Waals surface area contributed by atoms with Gasteiger partial charge in [-0.15, -0.1) is 0 Å². The van der Waals surface area contributed by atoms with Crippen LogP contribution in [0.15, 0.2) is 72.8 Å². The number of amides is 1. The summed E-state index contributed by atoms with van der Waals surface area (Å²) >= 11 is 12.9. The Balaban J connectivity index is 1.76. The topological polar surface area (TPSA) is 57.2 Å². The van der Waals surface area contributed by atoms with Crippen LogP contribution in [0.2, 0.25) is 10.0 Å². The third-order valence-electron chi connectivity index (χ3n) is 5.78. The van der Waals surface area contributed by atoms with Gasteiger partial charge in [0.15, 0.2) is 0 Å². The van der Waals surface area contributed by atoms with Crippen molar-refractivity contribution in [1.29, 1.82) is 0 Å². The fraction of sp³-hybridized carbons (Fsp3) is 0.0741. The maximum atomic E-state index is 12.7. The molecule has 0 aliphatic rings. The predicted molar refractivity (Wildman–Crippen MR) is 134 cm³/mol. The minimum atomic E-state index is -2.92. The third-order valence-corrected chi connectivity index (χ3v) is 6.41. The zero-order valence-corrected chi connectivity index (χ0v) is 19.6. The van der Waals surface area contributed by atoms with E-state index in [1.807, 2.05) is 22.8 Å². The Morgan fingerprint density at radius 1 is 1.00 bits per heavy atom. The van der Waals surface area contributed by atoms with Gasteiger partial charge in [0, 0.05) is 38.5 Å². The number of ether oxygens (including phenoxy) is 1. The van der Waals surface area contributed by atoms with Gasteiger partial charge in [-0.1, -0.05) is 47.5 Å². The van der Waals surface area contributed by atoms with Crippen molar-refractivity contribution in [3.63, 3.8) is 0 Å². The van der Waals surface area contributed by atoms with Crippen LogP contribution in [0.5, 0.6) is 5.75 Å². The lowest BCUT2D eigenvalue weighted by molar-refractivity contribution is -0.0498. The van der Waals surface area contributed by atoms with Gasteiger partial charge >= 0.3 is 6.61 Å². The summed E-state index contributed by atoms with van der Waals surface area (Å²) < 4.78 is 32.0. The number of nitrogens with two attached hydrogens (primary N) is 1. The van der Waals surface area contributed by atoms with Gasteiger partial charge in [-0.05, 0) is 65.7 Å². The molecule has 0 aliphatic heterocycles. The Morgan fingerprint density at radius 2 is 1.71 bits per heavy atom. The number of carbonyl (C=O) groups excluding carboxylic acids is 1. The van der Waals surface area contributed by atoms with E-state index in [-0.39, 0.29) is 5.75 Å². The molecular formula is C27H17Cl2F2N2O2. The largest absolute Gasteiger partial charge is 0.435 e. The van der Waals surface area contributed by atoms with Crippen LogP contribution in [0.3, 0.4) is 0 Å². The molecule has 0 bridgehead atoms. The number of aromatic nitrogens is 1. The van der Waals surface area contributed by atoms with Crippen molar-refractivity contribution in [3.8, 4) is 16.9 Å². The predicted octanol–water partition coefficient (Wildman–Crippen LogP) is 7.32. The highest BCUT2D eigenvalue weighted by atomic mass is 35.5. The molecule has 4 nitrogen and oxygen atoms in total. The summed E-state index contributed by atoms with van der Waals surface area (Å²) in [6.45, 7) is -2.61. The van der Waals surface area contributed by atoms with E-state index in [1.165, 1.54) is 6.07 Å². The van der Waals surface area contributed by atoms with Crippen molar-refractivity contribution in [2.45, 2.75) is 13.2 Å². The second-order valence-corrected chi connectivity index (χ2v) is 8.74. The number of fused-ring (bicyclic) bond motifs is 3. The molecular weight excluding hydrogens is 493 g/mol. The quantitative estimate of drug-likeness (QED) is 0.260. The van der Waals surface area contributed by atoms with Crippen LogP contribution in [0.4, 0.5) is 8.78 Å². The molecule has 4 aromatic carbocycles. The Labute approximate surface area is 209 Å². The van der Waals surface area contributed by atoms with Gasteiger partial charge in [0.1, 0.15) is 5.75 Å². The number of rotatable bonds is 6. The SMILES string of the molecule is NC(=O)c1cccc2c1c1[c]cc(-c3c(Cl)cccc3Cl)cc1n2Cc1cccc(OC(F)F)c1. The molecule has 0 spiro atoms. The fourth-order valence-corrected chi connectivity index (χ4v) is 4.97. The summed E-state index contributed by atoms with van der Waals surface area (Å²) in [7, 11) is 0. The average Bonchev–Trinajstić information content (AvgIpc) is 3.12. The molecule has 8 heteroatoms. The van der Waals surface area contributed by atoms with Gasteiger partial charge in [0.25, 0.3) is 0 Å². The molecule has 5 aromatic rings. The number of benzene rings is 4. The summed E-state index contributed by atoms with van der Waals surface area (Å²) in [6.07, 6.45) is 0. The van der Waals surface area contributed by atoms with Crippen molar-refractivity contribution in [3.05, 3.63) is 100 Å². The number of alkyl halides is 2. The zero-order valence-electron chi connectivity index (χ0n) is 18.1. The highest BCUT2D eigenvalue weighted by molar-refractivity contribution is 6.39. The first-order valence-corrected chi connectivity index (χ1v) is 11.3. The molecule has 0 atom stereocenters. The van der Waals surface area contributed by atoms with Gasteiger partial charge in [-0.3, -0.25) is 4.79 Å². The van der Waals surface area contributed by atoms with Crippen LogP contribution in [-0.4, -0.2) is 17.1 Å². The molecule has 175 valence electrons. The van der Waals surface area contributed by atoms with Gasteiger partial charge in [0.2, 0.25) is 5.91 Å². The molecule has 1 radical (unpaired) electrons. The number of hydrogen-bond acceptors (Lipinski definition) is 2. The Hall–Kier alpha value is -3.61. The van der Waals surface area contributed by atoms with E-state index in [1.54, 1.807) is 48.5 Å². The molecule has 0 saturated carbocycles. The molecule has 35 heavy (non-hydrogen) atoms. The monoisotopic (exact) mass is 509 g/mol. The van der Waals surface area contributed by atoms with E-state index in [2.05, 4.69) is 10.8 Å². The standard InChI is InChI=1S/C27H17Cl2F2N2O2/c28-20-7-3-8-21(29)24(20)16-10-11-18-23(13-16)33(22-9-2-6-19(25(18)22)26(32)34)14-15-4-1-5-17(12-15)35-27(30)31/h1-10,12-13,27H,14H2,(H2,32,34). The molecule has 0 aliphatic carbocycles. The number of halogens is 4. The van der Waals surface area contributed by atoms with Crippen molar-refractivity contribution in [2.75, 3.05) is 0 Å². The highest BCUT2D eigenvalue weighted by Crippen LogP contribution is 2.39. The molecule has 1 amide bonds. The fourth-order valence-electron chi connectivity index (χ4n) is 4.35. The van der Waals surface area contributed by atoms with Crippen LogP contribution in [-0.2, 0) is 6.54 Å². The Kier molecular flexibility index (Phi) is 6.09. The minimum Gasteiger partial charge on any atom is -0.435 e. The van der Waals surface area contributed by atoms with Crippen LogP contribution < -0.4 is 10.5 Å². The second kappa shape index (κ2) is 9.21. The van der Waals surface area contributed by atoms with Crippen LogP contribution in [0.25, 0.3) is 32.9 Å². The van der Waals surface area contributed by atoms with E-state index in [4.69, 9.17) is 28.9 Å². The van der Waals surface area contributed by atoms with E-state index < -0.39 is 12.5 Å². The minimum absolute atomic E-state index is 0.0613. The normalized spacial score (nSPS) is 11.5. The van der Waals surface area contributed by atoms with Crippen LogP contribution in [0, 0.1) is 6.07 Å². The summed E-state index contributed by atoms with van der Waals surface area (Å²) in [6, 6.07) is 24.0. The van der Waals surface area contributed by atoms with Gasteiger partial charge in [-0.25, -0.2) is 0 Å². The molecule has 0 fully saturated rings. The molecule has 0 saturated heterocycles. The molecule has 1 aromatic heterocycles. The van der Waals surface area contributed by atoms with Crippen LogP contribution >= 0.6 is 23.2 Å². The van der Waals surface area contributed by atoms with Gasteiger partial charge in [0.05, 0.1) is 11.0 Å². The molecule has 0 unspecified atom stereocenters. The van der Waals surface area contributed by atoms with E-state index in [0.29, 0.717) is 38.5 Å². The van der Waals surface area contributed by atoms with Crippen molar-refractivity contribution < 1.29 is 18.3 Å². The number of nitrogens with zero attached hydrogens (tertiary/aromatic N) is 1. The summed E-state index contributed by atoms with van der Waals surface area (Å²) in [4.78, 5) is 12.2. The smallest absolute Gasteiger partial charge is 0.387 e. The van der Waals surface area contributed by atoms with Gasteiger partial charge < -0.3 is 15.0 Å². The lowest BCUT2D eigenvalue weighted by Crippen LogP contribution is -2.11. The van der Waals surface area contributed by atoms with Gasteiger partial charge in [-0.2, -0.15) is 8.78 Å². The van der Waals surface area contributed by atoms with Crippen LogP contribution in [0.1, 0.15) is 15.9 Å². The summed E-state index contributed by atoms with van der Waals surface area (Å²) in [5, 5.41) is 2.33. The first-order valence-electron chi connectivity index (χ1n) is 10.6. The second-order valence-electron chi connectivity index (χ2n) is 7.92. The summed E-state index contributed by atoms with van der Waals surface area (Å²) in [5.74, 6) is -0.500. The van der Waals surface area contributed by atoms with Crippen molar-refractivity contribution in [1.82, 2.24) is 4.57 Å². The average molecular weight is 510 g/mol. The number of hydrogen-bond donors (Lipinski definition) is 1. The molecule has 2 N–H and O–H groups in total. The maximum Gasteiger partial charge on any atom is 0.387 e. The highest BCUT2D eigenvalue weighted by Gasteiger charge is 2.19. The molecule has 1 heterocycles. The maximum absolute atomic E-state index is 12.7. The van der Waals surface area contributed by atoms with E-state index >= 15 is 0 Å². The first-order chi connectivity index (χ1) is 16.8. The lowest BCUT2D eigenvalue weighted by atomic mass is 10.0. The zero-order chi connectivity index (χ0) is 24.7. The lowest BCUT2D eigenvalue weighted by Gasteiger charge is -2.12. The number of carbonyl (C=O) groups is 1. The Morgan fingerprint density at radius 3 is 2.43 bits per heavy atom. The first kappa shape index (κ1) is 23.1. The van der Waals surface area contributed by atoms with E-state index in [9.17, 15) is 13.6 Å². The molecule has 5 rings (SSSR count). The summed E-state index contributed by atoms with van der Waals surface area (Å²) in [5.41, 5.74) is 9.67.